The molecule has 0 heterocycles. The van der Waals surface area contributed by atoms with Crippen LogP contribution in [0.25, 0.3) is 22.3 Å². The molecule has 38 heavy (non-hydrogen) atoms. The molecule has 0 aromatic heterocycles. The second-order valence-corrected chi connectivity index (χ2v) is 11.2. The quantitative estimate of drug-likeness (QED) is 0.190. The van der Waals surface area contributed by atoms with Crippen LogP contribution in [0.2, 0.25) is 0 Å². The lowest BCUT2D eigenvalue weighted by Crippen LogP contribution is -2.28. The number of hydrogen-bond acceptors (Lipinski definition) is 2. The van der Waals surface area contributed by atoms with Crippen LogP contribution in [-0.4, -0.2) is 19.4 Å². The Hall–Kier alpha value is -2.87. The molecule has 0 radical (unpaired) electrons. The fraction of sp³-hybridized carbons (Fsp3) is 0.472. The fourth-order valence-corrected chi connectivity index (χ4v) is 6.30. The highest BCUT2D eigenvalue weighted by atomic mass is 16.1. The summed E-state index contributed by atoms with van der Waals surface area (Å²) in [6.45, 7) is 11.5. The number of anilines is 1. The maximum atomic E-state index is 11.2. The van der Waals surface area contributed by atoms with E-state index in [1.165, 1.54) is 97.7 Å². The van der Waals surface area contributed by atoms with Gasteiger partial charge in [-0.2, -0.15) is 0 Å². The van der Waals surface area contributed by atoms with Crippen LogP contribution in [0, 0.1) is 0 Å². The largest absolute Gasteiger partial charge is 0.372 e. The monoisotopic (exact) mass is 509 g/mol. The van der Waals surface area contributed by atoms with Gasteiger partial charge >= 0.3 is 0 Å². The Balaban J connectivity index is 1.85. The third kappa shape index (κ3) is 5.75. The van der Waals surface area contributed by atoms with Crippen molar-refractivity contribution in [3.63, 3.8) is 0 Å². The number of carbonyl (C=O) groups excluding carboxylic acids is 1. The van der Waals surface area contributed by atoms with E-state index in [0.717, 1.165) is 24.9 Å². The minimum Gasteiger partial charge on any atom is -0.372 e. The Morgan fingerprint density at radius 2 is 1.16 bits per heavy atom. The number of benzene rings is 3. The summed E-state index contributed by atoms with van der Waals surface area (Å²) in [5, 5.41) is 0. The molecule has 0 saturated heterocycles. The molecule has 1 aliphatic carbocycles. The van der Waals surface area contributed by atoms with Gasteiger partial charge in [-0.1, -0.05) is 109 Å². The number of unbranched alkanes of at least 4 members (excludes halogenated alkanes) is 4. The van der Waals surface area contributed by atoms with E-state index >= 15 is 0 Å². The van der Waals surface area contributed by atoms with Crippen molar-refractivity contribution in [2.75, 3.05) is 18.0 Å². The van der Waals surface area contributed by atoms with Gasteiger partial charge in [-0.05, 0) is 77.3 Å². The molecule has 1 aliphatic rings. The molecule has 3 aromatic carbocycles. The summed E-state index contributed by atoms with van der Waals surface area (Å²) in [5.41, 5.74) is 10.5. The van der Waals surface area contributed by atoms with Gasteiger partial charge in [0.05, 0.1) is 0 Å². The molecule has 202 valence electrons. The van der Waals surface area contributed by atoms with Crippen molar-refractivity contribution >= 4 is 12.0 Å². The van der Waals surface area contributed by atoms with Gasteiger partial charge in [0.25, 0.3) is 0 Å². The SMILES string of the molecule is CCCCN(CCCC)c1ccc2c(c1)C(CCCC)(CCCC)c1cc(-c3ccc(C=O)cc3)ccc1-2. The standard InChI is InChI=1S/C36H47NO/c1-5-9-21-36(22-10-6-2)34-25-30(29-15-13-28(27-38)14-16-29)17-19-32(34)33-20-18-31(26-35(33)36)37(23-11-7-3)24-12-8-4/h13-20,25-27H,5-12,21-24H2,1-4H3. The van der Waals surface area contributed by atoms with Gasteiger partial charge in [0, 0.05) is 29.8 Å². The molecule has 2 nitrogen and oxygen atoms in total. The Bertz CT molecular complexity index is 1180. The molecular weight excluding hydrogens is 462 g/mol. The zero-order valence-corrected chi connectivity index (χ0v) is 24.2. The van der Waals surface area contributed by atoms with Gasteiger partial charge in [-0.15, -0.1) is 0 Å². The van der Waals surface area contributed by atoms with E-state index in [-0.39, 0.29) is 5.41 Å². The minimum absolute atomic E-state index is 0.0621. The van der Waals surface area contributed by atoms with Crippen molar-refractivity contribution in [2.24, 2.45) is 0 Å². The van der Waals surface area contributed by atoms with Crippen LogP contribution in [0.4, 0.5) is 5.69 Å². The van der Waals surface area contributed by atoms with Crippen molar-refractivity contribution in [1.29, 1.82) is 0 Å². The molecular formula is C36H47NO. The molecule has 0 spiro atoms. The molecule has 0 N–H and O–H groups in total. The zero-order valence-electron chi connectivity index (χ0n) is 24.2. The summed E-state index contributed by atoms with van der Waals surface area (Å²) in [5.74, 6) is 0. The predicted molar refractivity (Wildman–Crippen MR) is 165 cm³/mol. The average Bonchev–Trinajstić information content (AvgIpc) is 3.23. The summed E-state index contributed by atoms with van der Waals surface area (Å²) >= 11 is 0. The molecule has 0 bridgehead atoms. The molecule has 0 fully saturated rings. The first-order chi connectivity index (χ1) is 18.6. The zero-order chi connectivity index (χ0) is 27.0. The summed E-state index contributed by atoms with van der Waals surface area (Å²) in [4.78, 5) is 13.8. The molecule has 0 saturated carbocycles. The molecule has 3 aromatic rings. The van der Waals surface area contributed by atoms with E-state index in [4.69, 9.17) is 0 Å². The smallest absolute Gasteiger partial charge is 0.150 e. The van der Waals surface area contributed by atoms with Crippen LogP contribution >= 0.6 is 0 Å². The average molecular weight is 510 g/mol. The molecule has 4 rings (SSSR count). The lowest BCUT2D eigenvalue weighted by atomic mass is 9.70. The van der Waals surface area contributed by atoms with Crippen LogP contribution in [0.1, 0.15) is 113 Å². The summed E-state index contributed by atoms with van der Waals surface area (Å²) in [7, 11) is 0. The summed E-state index contributed by atoms with van der Waals surface area (Å²) in [6.07, 6.45) is 13.2. The number of aldehydes is 1. The highest BCUT2D eigenvalue weighted by Gasteiger charge is 2.42. The maximum Gasteiger partial charge on any atom is 0.150 e. The fourth-order valence-electron chi connectivity index (χ4n) is 6.30. The number of hydrogen-bond donors (Lipinski definition) is 0. The summed E-state index contributed by atoms with van der Waals surface area (Å²) in [6, 6.07) is 22.5. The molecule has 2 heteroatoms. The van der Waals surface area contributed by atoms with E-state index in [9.17, 15) is 4.79 Å². The van der Waals surface area contributed by atoms with Crippen molar-refractivity contribution in [3.8, 4) is 22.3 Å². The minimum atomic E-state index is 0.0621. The third-order valence-electron chi connectivity index (χ3n) is 8.57. The van der Waals surface area contributed by atoms with E-state index < -0.39 is 0 Å². The van der Waals surface area contributed by atoms with Gasteiger partial charge in [-0.3, -0.25) is 4.79 Å². The first kappa shape index (κ1) is 28.1. The van der Waals surface area contributed by atoms with Crippen LogP contribution in [0.3, 0.4) is 0 Å². The van der Waals surface area contributed by atoms with Gasteiger partial charge < -0.3 is 4.90 Å². The highest BCUT2D eigenvalue weighted by molar-refractivity contribution is 5.86. The molecule has 0 aliphatic heterocycles. The second kappa shape index (κ2) is 13.3. The van der Waals surface area contributed by atoms with Gasteiger partial charge in [0.1, 0.15) is 6.29 Å². The van der Waals surface area contributed by atoms with E-state index in [2.05, 4.69) is 81.1 Å². The van der Waals surface area contributed by atoms with E-state index in [1.54, 1.807) is 5.56 Å². The lowest BCUT2D eigenvalue weighted by molar-refractivity contribution is 0.112. The highest BCUT2D eigenvalue weighted by Crippen LogP contribution is 2.55. The molecule has 0 unspecified atom stereocenters. The second-order valence-electron chi connectivity index (χ2n) is 11.2. The Kier molecular flexibility index (Phi) is 9.83. The third-order valence-corrected chi connectivity index (χ3v) is 8.57. The van der Waals surface area contributed by atoms with Crippen LogP contribution in [-0.2, 0) is 5.41 Å². The van der Waals surface area contributed by atoms with Crippen molar-refractivity contribution < 1.29 is 4.79 Å². The predicted octanol–water partition coefficient (Wildman–Crippen LogP) is 10.2. The topological polar surface area (TPSA) is 20.3 Å². The van der Waals surface area contributed by atoms with E-state index in [0.29, 0.717) is 0 Å². The van der Waals surface area contributed by atoms with Crippen LogP contribution < -0.4 is 4.90 Å². The van der Waals surface area contributed by atoms with Gasteiger partial charge in [0.2, 0.25) is 0 Å². The number of rotatable bonds is 15. The van der Waals surface area contributed by atoms with Crippen LogP contribution in [0.15, 0.2) is 60.7 Å². The first-order valence-electron chi connectivity index (χ1n) is 15.2. The lowest BCUT2D eigenvalue weighted by Gasteiger charge is -2.34. The number of nitrogens with zero attached hydrogens (tertiary/aromatic N) is 1. The van der Waals surface area contributed by atoms with Crippen LogP contribution in [0.5, 0.6) is 0 Å². The van der Waals surface area contributed by atoms with Gasteiger partial charge in [-0.25, -0.2) is 0 Å². The Morgan fingerprint density at radius 3 is 1.71 bits per heavy atom. The Labute approximate surface area is 231 Å². The maximum absolute atomic E-state index is 11.2. The first-order valence-corrected chi connectivity index (χ1v) is 15.2. The van der Waals surface area contributed by atoms with Crippen molar-refractivity contribution in [3.05, 3.63) is 77.4 Å². The number of carbonyl (C=O) groups is 1. The van der Waals surface area contributed by atoms with Crippen molar-refractivity contribution in [2.45, 2.75) is 97.3 Å². The normalized spacial score (nSPS) is 13.3. The van der Waals surface area contributed by atoms with Gasteiger partial charge in [0.15, 0.2) is 0 Å². The molecule has 0 atom stereocenters. The Morgan fingerprint density at radius 1 is 0.632 bits per heavy atom. The van der Waals surface area contributed by atoms with E-state index in [1.807, 2.05) is 12.1 Å². The van der Waals surface area contributed by atoms with Crippen molar-refractivity contribution in [1.82, 2.24) is 0 Å². The number of fused-ring (bicyclic) bond motifs is 3. The summed E-state index contributed by atoms with van der Waals surface area (Å²) < 4.78 is 0. The molecule has 0 amide bonds.